The van der Waals surface area contributed by atoms with Crippen molar-refractivity contribution in [2.75, 3.05) is 6.61 Å². The van der Waals surface area contributed by atoms with E-state index in [1.165, 1.54) is 0 Å². The fraction of sp³-hybridized carbons (Fsp3) is 0.387. The number of aliphatic hydroxyl groups is 1. The van der Waals surface area contributed by atoms with Crippen LogP contribution in [-0.2, 0) is 43.6 Å². The lowest BCUT2D eigenvalue weighted by Crippen LogP contribution is -2.60. The highest BCUT2D eigenvalue weighted by Gasteiger charge is 2.46. The van der Waals surface area contributed by atoms with Gasteiger partial charge in [0.25, 0.3) is 0 Å². The van der Waals surface area contributed by atoms with E-state index in [9.17, 15) is 9.90 Å². The molecule has 1 heterocycles. The maximum atomic E-state index is 11.3. The Morgan fingerprint density at radius 3 is 1.76 bits per heavy atom. The summed E-state index contributed by atoms with van der Waals surface area (Å²) in [6.45, 7) is 1.43. The van der Waals surface area contributed by atoms with Crippen molar-refractivity contribution in [3.8, 4) is 0 Å². The van der Waals surface area contributed by atoms with E-state index in [0.29, 0.717) is 39.1 Å². The van der Waals surface area contributed by atoms with Gasteiger partial charge in [-0.1, -0.05) is 91.0 Å². The minimum Gasteiger partial charge on any atom is -0.388 e. The number of hydrogen-bond donors (Lipinski definition) is 1. The molecular weight excluding hydrogens is 468 g/mol. The fourth-order valence-corrected chi connectivity index (χ4v) is 4.57. The number of rotatable bonds is 14. The van der Waals surface area contributed by atoms with Crippen molar-refractivity contribution in [3.05, 3.63) is 108 Å². The lowest BCUT2D eigenvalue weighted by atomic mass is 9.92. The largest absolute Gasteiger partial charge is 0.388 e. The summed E-state index contributed by atoms with van der Waals surface area (Å²) in [5, 5.41) is 11.3. The van der Waals surface area contributed by atoms with Crippen LogP contribution in [0.15, 0.2) is 91.0 Å². The predicted molar refractivity (Wildman–Crippen MR) is 141 cm³/mol. The first kappa shape index (κ1) is 27.2. The molecule has 3 aromatic rings. The van der Waals surface area contributed by atoms with Crippen molar-refractivity contribution in [1.29, 1.82) is 0 Å². The van der Waals surface area contributed by atoms with E-state index in [1.54, 1.807) is 0 Å². The minimum atomic E-state index is -0.901. The molecule has 6 nitrogen and oxygen atoms in total. The van der Waals surface area contributed by atoms with Gasteiger partial charge < -0.3 is 28.8 Å². The molecule has 0 bridgehead atoms. The second kappa shape index (κ2) is 14.8. The third kappa shape index (κ3) is 8.32. The van der Waals surface area contributed by atoms with Crippen molar-refractivity contribution in [2.24, 2.45) is 0 Å². The number of unbranched alkanes of at least 4 members (excludes halogenated alkanes) is 1. The normalized spacial score (nSPS) is 23.5. The number of aliphatic hydroxyl groups excluding tert-OH is 1. The molecule has 0 radical (unpaired) electrons. The molecule has 37 heavy (non-hydrogen) atoms. The van der Waals surface area contributed by atoms with E-state index in [0.717, 1.165) is 23.0 Å². The highest BCUT2D eigenvalue weighted by atomic mass is 16.6. The number of benzene rings is 3. The second-order valence-electron chi connectivity index (χ2n) is 9.32. The predicted octanol–water partition coefficient (Wildman–Crippen LogP) is 4.87. The van der Waals surface area contributed by atoms with Crippen molar-refractivity contribution in [2.45, 2.75) is 69.6 Å². The van der Waals surface area contributed by atoms with Gasteiger partial charge in [0.15, 0.2) is 0 Å². The molecule has 1 saturated heterocycles. The molecular formula is C31H36O6. The summed E-state index contributed by atoms with van der Waals surface area (Å²) in [7, 11) is 0. The lowest BCUT2D eigenvalue weighted by molar-refractivity contribution is -0.262. The molecule has 196 valence electrons. The average Bonchev–Trinajstić information content (AvgIpc) is 2.94. The van der Waals surface area contributed by atoms with Crippen LogP contribution in [-0.4, -0.2) is 48.5 Å². The van der Waals surface area contributed by atoms with Gasteiger partial charge in [0.2, 0.25) is 0 Å². The van der Waals surface area contributed by atoms with Crippen LogP contribution in [0.3, 0.4) is 0 Å². The lowest BCUT2D eigenvalue weighted by Gasteiger charge is -2.44. The molecule has 5 atom stereocenters. The van der Waals surface area contributed by atoms with Crippen molar-refractivity contribution >= 4 is 6.29 Å². The molecule has 6 heteroatoms. The summed E-state index contributed by atoms with van der Waals surface area (Å²) in [6.07, 6.45) is -0.505. The van der Waals surface area contributed by atoms with E-state index in [2.05, 4.69) is 0 Å². The zero-order valence-electron chi connectivity index (χ0n) is 21.1. The molecule has 0 amide bonds. The zero-order valence-corrected chi connectivity index (χ0v) is 21.1. The molecule has 0 spiro atoms. The SMILES string of the molecule is O=CCCC[C@@H]1O[C@H](COCc2ccccc2)[C@@H](OCc2ccccc2)[C@H](OCc2ccccc2)[C@H]1O. The smallest absolute Gasteiger partial charge is 0.119 e. The molecule has 1 fully saturated rings. The summed E-state index contributed by atoms with van der Waals surface area (Å²) in [6, 6.07) is 29.8. The molecule has 0 unspecified atom stereocenters. The van der Waals surface area contributed by atoms with Crippen LogP contribution in [0.1, 0.15) is 36.0 Å². The molecule has 3 aromatic carbocycles. The van der Waals surface area contributed by atoms with Crippen molar-refractivity contribution in [3.63, 3.8) is 0 Å². The van der Waals surface area contributed by atoms with Crippen LogP contribution in [0, 0.1) is 0 Å². The van der Waals surface area contributed by atoms with Gasteiger partial charge in [0.1, 0.15) is 30.7 Å². The summed E-state index contributed by atoms with van der Waals surface area (Å²) >= 11 is 0. The van der Waals surface area contributed by atoms with E-state index in [4.69, 9.17) is 18.9 Å². The maximum Gasteiger partial charge on any atom is 0.119 e. The number of aldehydes is 1. The molecule has 0 aliphatic carbocycles. The quantitative estimate of drug-likeness (QED) is 0.249. The summed E-state index contributed by atoms with van der Waals surface area (Å²) in [5.74, 6) is 0. The second-order valence-corrected chi connectivity index (χ2v) is 9.32. The van der Waals surface area contributed by atoms with Crippen LogP contribution in [0.2, 0.25) is 0 Å². The molecule has 0 saturated carbocycles. The van der Waals surface area contributed by atoms with Crippen LogP contribution in [0.5, 0.6) is 0 Å². The van der Waals surface area contributed by atoms with E-state index >= 15 is 0 Å². The molecule has 1 aliphatic heterocycles. The van der Waals surface area contributed by atoms with Gasteiger partial charge in [-0.3, -0.25) is 0 Å². The van der Waals surface area contributed by atoms with Gasteiger partial charge in [-0.25, -0.2) is 0 Å². The Hall–Kier alpha value is -2.87. The van der Waals surface area contributed by atoms with E-state index < -0.39 is 30.5 Å². The Labute approximate surface area is 219 Å². The van der Waals surface area contributed by atoms with Gasteiger partial charge in [-0.05, 0) is 29.5 Å². The zero-order chi connectivity index (χ0) is 25.7. The first-order valence-corrected chi connectivity index (χ1v) is 12.9. The van der Waals surface area contributed by atoms with Gasteiger partial charge in [-0.15, -0.1) is 0 Å². The average molecular weight is 505 g/mol. The van der Waals surface area contributed by atoms with Crippen LogP contribution >= 0.6 is 0 Å². The molecule has 0 aromatic heterocycles. The molecule has 1 N–H and O–H groups in total. The van der Waals surface area contributed by atoms with Gasteiger partial charge in [0, 0.05) is 6.42 Å². The highest BCUT2D eigenvalue weighted by Crippen LogP contribution is 2.30. The summed E-state index contributed by atoms with van der Waals surface area (Å²) < 4.78 is 25.2. The topological polar surface area (TPSA) is 74.2 Å². The first-order chi connectivity index (χ1) is 18.2. The highest BCUT2D eigenvalue weighted by molar-refractivity contribution is 5.48. The van der Waals surface area contributed by atoms with Crippen LogP contribution < -0.4 is 0 Å². The van der Waals surface area contributed by atoms with Gasteiger partial charge in [0.05, 0.1) is 32.5 Å². The Kier molecular flexibility index (Phi) is 10.8. The number of carbonyl (C=O) groups excluding carboxylic acids is 1. The third-order valence-electron chi connectivity index (χ3n) is 6.53. The summed E-state index contributed by atoms with van der Waals surface area (Å²) in [5.41, 5.74) is 3.10. The monoisotopic (exact) mass is 504 g/mol. The van der Waals surface area contributed by atoms with Crippen molar-refractivity contribution in [1.82, 2.24) is 0 Å². The van der Waals surface area contributed by atoms with E-state index in [1.807, 2.05) is 91.0 Å². The first-order valence-electron chi connectivity index (χ1n) is 12.9. The Morgan fingerprint density at radius 2 is 1.22 bits per heavy atom. The molecule has 1 aliphatic rings. The van der Waals surface area contributed by atoms with Gasteiger partial charge >= 0.3 is 0 Å². The van der Waals surface area contributed by atoms with E-state index in [-0.39, 0.29) is 6.61 Å². The minimum absolute atomic E-state index is 0.288. The van der Waals surface area contributed by atoms with Crippen LogP contribution in [0.25, 0.3) is 0 Å². The number of hydrogen-bond acceptors (Lipinski definition) is 6. The number of carbonyl (C=O) groups is 1. The Bertz CT molecular complexity index is 1030. The van der Waals surface area contributed by atoms with Crippen molar-refractivity contribution < 1.29 is 28.8 Å². The summed E-state index contributed by atoms with van der Waals surface area (Å²) in [4.78, 5) is 10.9. The maximum absolute atomic E-state index is 11.3. The van der Waals surface area contributed by atoms with Gasteiger partial charge in [-0.2, -0.15) is 0 Å². The standard InChI is InChI=1S/C31H36O6/c32-19-11-10-18-27-29(33)31(36-22-26-16-8-3-9-17-26)30(35-21-25-14-6-2-7-15-25)28(37-27)23-34-20-24-12-4-1-5-13-24/h1-9,12-17,19,27-31,33H,10-11,18,20-23H2/t27-,28+,29-,30+,31+/m0/s1. The van der Waals surface area contributed by atoms with Crippen LogP contribution in [0.4, 0.5) is 0 Å². The number of ether oxygens (including phenoxy) is 4. The molecule has 4 rings (SSSR count). The fourth-order valence-electron chi connectivity index (χ4n) is 4.57. The Morgan fingerprint density at radius 1 is 0.703 bits per heavy atom. The Balaban J connectivity index is 1.51. The third-order valence-corrected chi connectivity index (χ3v) is 6.53.